The first-order valence-electron chi connectivity index (χ1n) is 6.08. The van der Waals surface area contributed by atoms with Crippen LogP contribution in [-0.4, -0.2) is 16.7 Å². The molecule has 1 aliphatic carbocycles. The largest absolute Gasteiger partial charge is 0.494 e. The van der Waals surface area contributed by atoms with Crippen LogP contribution < -0.4 is 10.4 Å². The third-order valence-corrected chi connectivity index (χ3v) is 3.62. The van der Waals surface area contributed by atoms with Gasteiger partial charge in [0.05, 0.1) is 12.6 Å². The summed E-state index contributed by atoms with van der Waals surface area (Å²) in [5.41, 5.74) is 1.75. The molecule has 1 fully saturated rings. The van der Waals surface area contributed by atoms with Crippen LogP contribution >= 0.6 is 0 Å². The Labute approximate surface area is 99.2 Å². The lowest BCUT2D eigenvalue weighted by Gasteiger charge is -2.11. The molecule has 90 valence electrons. The molecule has 1 aromatic heterocycles. The van der Waals surface area contributed by atoms with Gasteiger partial charge in [0.1, 0.15) is 11.3 Å². The molecule has 0 atom stereocenters. The van der Waals surface area contributed by atoms with Gasteiger partial charge in [-0.3, -0.25) is 4.57 Å². The van der Waals surface area contributed by atoms with Gasteiger partial charge in [-0.1, -0.05) is 18.9 Å². The smallest absolute Gasteiger partial charge is 0.326 e. The van der Waals surface area contributed by atoms with Crippen LogP contribution in [0.25, 0.3) is 11.0 Å². The maximum absolute atomic E-state index is 12.0. The molecule has 1 heterocycles. The van der Waals surface area contributed by atoms with Crippen LogP contribution in [0.4, 0.5) is 0 Å². The van der Waals surface area contributed by atoms with Crippen molar-refractivity contribution in [3.8, 4) is 5.75 Å². The molecular weight excluding hydrogens is 216 g/mol. The minimum atomic E-state index is -0.0172. The van der Waals surface area contributed by atoms with Crippen molar-refractivity contribution < 1.29 is 4.74 Å². The van der Waals surface area contributed by atoms with E-state index in [1.807, 2.05) is 22.8 Å². The van der Waals surface area contributed by atoms with Crippen molar-refractivity contribution in [1.29, 1.82) is 0 Å². The van der Waals surface area contributed by atoms with Crippen molar-refractivity contribution in [2.75, 3.05) is 7.11 Å². The minimum absolute atomic E-state index is 0.0172. The number of benzene rings is 1. The number of aromatic amines is 1. The van der Waals surface area contributed by atoms with Gasteiger partial charge in [0.15, 0.2) is 0 Å². The number of nitrogens with one attached hydrogen (secondary N) is 1. The van der Waals surface area contributed by atoms with Gasteiger partial charge < -0.3 is 9.72 Å². The summed E-state index contributed by atoms with van der Waals surface area (Å²) in [6, 6.07) is 6.13. The van der Waals surface area contributed by atoms with E-state index in [1.165, 1.54) is 12.8 Å². The average molecular weight is 232 g/mol. The maximum Gasteiger partial charge on any atom is 0.326 e. The second-order valence-electron chi connectivity index (χ2n) is 4.59. The van der Waals surface area contributed by atoms with E-state index in [2.05, 4.69) is 4.98 Å². The van der Waals surface area contributed by atoms with Crippen molar-refractivity contribution in [3.05, 3.63) is 28.7 Å². The molecule has 1 N–H and O–H groups in total. The Morgan fingerprint density at radius 2 is 2.12 bits per heavy atom. The average Bonchev–Trinajstić information content (AvgIpc) is 2.93. The summed E-state index contributed by atoms with van der Waals surface area (Å²) in [4.78, 5) is 15.0. The number of nitrogens with zero attached hydrogens (tertiary/aromatic N) is 1. The van der Waals surface area contributed by atoms with E-state index in [4.69, 9.17) is 4.74 Å². The minimum Gasteiger partial charge on any atom is -0.494 e. The van der Waals surface area contributed by atoms with Crippen molar-refractivity contribution in [2.24, 2.45) is 0 Å². The first-order chi connectivity index (χ1) is 8.31. The second kappa shape index (κ2) is 3.95. The molecule has 1 saturated carbocycles. The van der Waals surface area contributed by atoms with E-state index in [0.717, 1.165) is 29.6 Å². The summed E-state index contributed by atoms with van der Waals surface area (Å²) in [6.07, 6.45) is 4.63. The van der Waals surface area contributed by atoms with Crippen molar-refractivity contribution in [3.63, 3.8) is 0 Å². The molecule has 0 saturated heterocycles. The van der Waals surface area contributed by atoms with E-state index in [-0.39, 0.29) is 5.69 Å². The molecule has 4 nitrogen and oxygen atoms in total. The fraction of sp³-hybridized carbons (Fsp3) is 0.462. The van der Waals surface area contributed by atoms with Crippen LogP contribution in [0, 0.1) is 0 Å². The Hall–Kier alpha value is -1.71. The summed E-state index contributed by atoms with van der Waals surface area (Å²) in [6.45, 7) is 0. The number of para-hydroxylation sites is 1. The van der Waals surface area contributed by atoms with E-state index < -0.39 is 0 Å². The van der Waals surface area contributed by atoms with Crippen LogP contribution in [0.15, 0.2) is 23.0 Å². The maximum atomic E-state index is 12.0. The Balaban J connectivity index is 2.24. The molecule has 17 heavy (non-hydrogen) atoms. The number of ether oxygens (including phenoxy) is 1. The first kappa shape index (κ1) is 10.4. The zero-order chi connectivity index (χ0) is 11.8. The van der Waals surface area contributed by atoms with E-state index in [0.29, 0.717) is 6.04 Å². The number of H-pyrrole nitrogens is 1. The number of hydrogen-bond donors (Lipinski definition) is 1. The van der Waals surface area contributed by atoms with Crippen molar-refractivity contribution >= 4 is 11.0 Å². The first-order valence-corrected chi connectivity index (χ1v) is 6.08. The molecule has 0 aliphatic heterocycles. The quantitative estimate of drug-likeness (QED) is 0.864. The van der Waals surface area contributed by atoms with Crippen molar-refractivity contribution in [2.45, 2.75) is 31.7 Å². The summed E-state index contributed by atoms with van der Waals surface area (Å²) in [7, 11) is 1.62. The lowest BCUT2D eigenvalue weighted by atomic mass is 10.2. The molecule has 0 spiro atoms. The monoisotopic (exact) mass is 232 g/mol. The molecule has 0 bridgehead atoms. The fourth-order valence-corrected chi connectivity index (χ4v) is 2.82. The molecule has 0 unspecified atom stereocenters. The highest BCUT2D eigenvalue weighted by atomic mass is 16.5. The predicted octanol–water partition coefficient (Wildman–Crippen LogP) is 2.45. The predicted molar refractivity (Wildman–Crippen MR) is 66.6 cm³/mol. The van der Waals surface area contributed by atoms with Gasteiger partial charge in [-0.15, -0.1) is 0 Å². The van der Waals surface area contributed by atoms with Crippen molar-refractivity contribution in [1.82, 2.24) is 9.55 Å². The SMILES string of the molecule is COc1cccc2c1[nH]c(=O)n2C1CCCC1. The molecular formula is C13H16N2O2. The zero-order valence-corrected chi connectivity index (χ0v) is 9.90. The number of imidazole rings is 1. The van der Waals surface area contributed by atoms with Gasteiger partial charge in [0.25, 0.3) is 0 Å². The number of fused-ring (bicyclic) bond motifs is 1. The molecule has 0 radical (unpaired) electrons. The van der Waals surface area contributed by atoms with Crippen LogP contribution in [0.2, 0.25) is 0 Å². The summed E-state index contributed by atoms with van der Waals surface area (Å²) >= 11 is 0. The van der Waals surface area contributed by atoms with E-state index >= 15 is 0 Å². The van der Waals surface area contributed by atoms with E-state index in [1.54, 1.807) is 7.11 Å². The molecule has 1 aromatic carbocycles. The third kappa shape index (κ3) is 1.55. The van der Waals surface area contributed by atoms with Gasteiger partial charge >= 0.3 is 5.69 Å². The highest BCUT2D eigenvalue weighted by Gasteiger charge is 2.21. The number of methoxy groups -OCH3 is 1. The summed E-state index contributed by atoms with van der Waals surface area (Å²) in [5.74, 6) is 0.733. The highest BCUT2D eigenvalue weighted by Crippen LogP contribution is 2.32. The topological polar surface area (TPSA) is 47.0 Å². The molecule has 4 heteroatoms. The Morgan fingerprint density at radius 3 is 2.82 bits per heavy atom. The highest BCUT2D eigenvalue weighted by molar-refractivity contribution is 5.82. The molecule has 1 aliphatic rings. The fourth-order valence-electron chi connectivity index (χ4n) is 2.82. The van der Waals surface area contributed by atoms with Gasteiger partial charge in [-0.2, -0.15) is 0 Å². The van der Waals surface area contributed by atoms with Crippen LogP contribution in [-0.2, 0) is 0 Å². The lowest BCUT2D eigenvalue weighted by Crippen LogP contribution is -2.20. The molecule has 2 aromatic rings. The van der Waals surface area contributed by atoms with Gasteiger partial charge in [-0.05, 0) is 25.0 Å². The van der Waals surface area contributed by atoms with Crippen LogP contribution in [0.3, 0.4) is 0 Å². The van der Waals surface area contributed by atoms with Gasteiger partial charge in [0.2, 0.25) is 0 Å². The Morgan fingerprint density at radius 1 is 1.35 bits per heavy atom. The number of rotatable bonds is 2. The standard InChI is InChI=1S/C13H16N2O2/c1-17-11-8-4-7-10-12(11)14-13(16)15(10)9-5-2-3-6-9/h4,7-9H,2-3,5-6H2,1H3,(H,14,16). The van der Waals surface area contributed by atoms with Crippen LogP contribution in [0.1, 0.15) is 31.7 Å². The summed E-state index contributed by atoms with van der Waals surface area (Å²) in [5, 5.41) is 0. The van der Waals surface area contributed by atoms with Crippen LogP contribution in [0.5, 0.6) is 5.75 Å². The van der Waals surface area contributed by atoms with E-state index in [9.17, 15) is 4.79 Å². The summed E-state index contributed by atoms with van der Waals surface area (Å²) < 4.78 is 7.17. The number of aromatic nitrogens is 2. The normalized spacial score (nSPS) is 16.8. The third-order valence-electron chi connectivity index (χ3n) is 3.62. The second-order valence-corrected chi connectivity index (χ2v) is 4.59. The van der Waals surface area contributed by atoms with Gasteiger partial charge in [-0.25, -0.2) is 4.79 Å². The molecule has 0 amide bonds. The lowest BCUT2D eigenvalue weighted by molar-refractivity contribution is 0.419. The Bertz CT molecular complexity index is 591. The number of hydrogen-bond acceptors (Lipinski definition) is 2. The molecule has 3 rings (SSSR count). The van der Waals surface area contributed by atoms with Gasteiger partial charge in [0, 0.05) is 6.04 Å². The zero-order valence-electron chi connectivity index (χ0n) is 9.90. The Kier molecular flexibility index (Phi) is 2.42.